The highest BCUT2D eigenvalue weighted by molar-refractivity contribution is 6.33. The van der Waals surface area contributed by atoms with Crippen molar-refractivity contribution in [2.24, 2.45) is 0 Å². The van der Waals surface area contributed by atoms with Crippen molar-refractivity contribution in [3.8, 4) is 0 Å². The number of halogens is 2. The lowest BCUT2D eigenvalue weighted by Crippen LogP contribution is -2.32. The molecular formula is C25H26Cl2N4O14. The second kappa shape index (κ2) is 16.2. The number of nitro benzene ring substituents is 4. The number of carbonyl (C=O) groups excluding carboxylic acids is 3. The van der Waals surface area contributed by atoms with Crippen LogP contribution in [0.2, 0.25) is 10.0 Å². The average molecular weight is 677 g/mol. The highest BCUT2D eigenvalue weighted by atomic mass is 35.5. The van der Waals surface area contributed by atoms with E-state index in [0.29, 0.717) is 6.07 Å². The van der Waals surface area contributed by atoms with Crippen molar-refractivity contribution < 1.29 is 48.3 Å². The molecule has 0 fully saturated rings. The first-order chi connectivity index (χ1) is 20.7. The van der Waals surface area contributed by atoms with Gasteiger partial charge in [0.15, 0.2) is 5.92 Å². The monoisotopic (exact) mass is 676 g/mol. The molecule has 0 saturated heterocycles. The number of hydrogen-bond donors (Lipinski definition) is 0. The standard InChI is InChI=1S/C15H17ClN2O8.C10H9ClN2O6/c1-5-25-13(19)12(14(20)26-15(2,3)4)8-6-9(16)11(18(23)24)7-10(8)17(21)22;1-2-19-10(14)4-6-3-7(11)9(13(17)18)5-8(6)12(15)16/h6-7,12H,5H2,1-4H3;3,5H,2,4H2,1H3. The van der Waals surface area contributed by atoms with Crippen molar-refractivity contribution in [2.75, 3.05) is 13.2 Å². The fourth-order valence-electron chi connectivity index (χ4n) is 3.44. The lowest BCUT2D eigenvalue weighted by Gasteiger charge is -2.23. The van der Waals surface area contributed by atoms with Crippen molar-refractivity contribution in [2.45, 2.75) is 52.6 Å². The molecule has 0 aliphatic heterocycles. The Balaban J connectivity index is 0.000000472. The molecule has 2 aromatic carbocycles. The molecule has 1 atom stereocenters. The fraction of sp³-hybridized carbons (Fsp3) is 0.400. The predicted octanol–water partition coefficient (Wildman–Crippen LogP) is 5.41. The van der Waals surface area contributed by atoms with Crippen LogP contribution in [0, 0.1) is 40.5 Å². The summed E-state index contributed by atoms with van der Waals surface area (Å²) in [5.41, 5.74) is -4.12. The van der Waals surface area contributed by atoms with E-state index in [1.807, 2.05) is 0 Å². The summed E-state index contributed by atoms with van der Waals surface area (Å²) in [4.78, 5) is 76.3. The van der Waals surface area contributed by atoms with E-state index in [4.69, 9.17) is 32.7 Å². The Morgan fingerprint density at radius 2 is 1.16 bits per heavy atom. The van der Waals surface area contributed by atoms with Gasteiger partial charge < -0.3 is 14.2 Å². The van der Waals surface area contributed by atoms with E-state index >= 15 is 0 Å². The Labute approximate surface area is 263 Å². The number of nitro groups is 4. The van der Waals surface area contributed by atoms with Crippen LogP contribution < -0.4 is 0 Å². The maximum Gasteiger partial charge on any atom is 0.325 e. The van der Waals surface area contributed by atoms with Crippen molar-refractivity contribution in [3.63, 3.8) is 0 Å². The van der Waals surface area contributed by atoms with Crippen LogP contribution in [0.5, 0.6) is 0 Å². The molecule has 2 aromatic rings. The van der Waals surface area contributed by atoms with Crippen molar-refractivity contribution in [1.29, 1.82) is 0 Å². The zero-order valence-corrected chi connectivity index (χ0v) is 25.8. The second-order valence-electron chi connectivity index (χ2n) is 9.52. The first-order valence-electron chi connectivity index (χ1n) is 12.5. The highest BCUT2D eigenvalue weighted by Crippen LogP contribution is 2.38. The Hall–Kier alpha value is -4.97. The summed E-state index contributed by atoms with van der Waals surface area (Å²) in [5, 5.41) is 43.0. The third-order valence-corrected chi connectivity index (χ3v) is 5.75. The lowest BCUT2D eigenvalue weighted by molar-refractivity contribution is -0.394. The van der Waals surface area contributed by atoms with Crippen LogP contribution in [0.3, 0.4) is 0 Å². The molecule has 45 heavy (non-hydrogen) atoms. The van der Waals surface area contributed by atoms with Gasteiger partial charge in [-0.05, 0) is 46.8 Å². The van der Waals surface area contributed by atoms with Crippen LogP contribution in [0.1, 0.15) is 51.7 Å². The van der Waals surface area contributed by atoms with Crippen LogP contribution in [0.25, 0.3) is 0 Å². The van der Waals surface area contributed by atoms with E-state index in [0.717, 1.165) is 18.2 Å². The molecule has 2 rings (SSSR count). The van der Waals surface area contributed by atoms with Crippen LogP contribution in [-0.4, -0.2) is 56.4 Å². The molecule has 0 radical (unpaired) electrons. The van der Waals surface area contributed by atoms with Gasteiger partial charge >= 0.3 is 17.9 Å². The Morgan fingerprint density at radius 3 is 1.58 bits per heavy atom. The summed E-state index contributed by atoms with van der Waals surface area (Å²) in [6.07, 6.45) is -0.373. The zero-order valence-electron chi connectivity index (χ0n) is 24.3. The van der Waals surface area contributed by atoms with Gasteiger partial charge in [-0.1, -0.05) is 23.2 Å². The quantitative estimate of drug-likeness (QED) is 0.0948. The second-order valence-corrected chi connectivity index (χ2v) is 10.3. The van der Waals surface area contributed by atoms with Gasteiger partial charge in [-0.25, -0.2) is 0 Å². The van der Waals surface area contributed by atoms with Crippen LogP contribution in [0.4, 0.5) is 22.7 Å². The lowest BCUT2D eigenvalue weighted by atomic mass is 9.96. The molecule has 1 unspecified atom stereocenters. The first-order valence-corrected chi connectivity index (χ1v) is 13.3. The van der Waals surface area contributed by atoms with Crippen molar-refractivity contribution in [3.05, 3.63) is 85.9 Å². The van der Waals surface area contributed by atoms with E-state index in [1.165, 1.54) is 6.92 Å². The molecule has 0 aliphatic rings. The molecule has 0 bridgehead atoms. The van der Waals surface area contributed by atoms with E-state index in [9.17, 15) is 54.8 Å². The number of esters is 3. The molecule has 0 spiro atoms. The minimum Gasteiger partial charge on any atom is -0.466 e. The molecule has 18 nitrogen and oxygen atoms in total. The number of benzene rings is 2. The number of rotatable bonds is 11. The van der Waals surface area contributed by atoms with Gasteiger partial charge in [0.2, 0.25) is 0 Å². The Kier molecular flexibility index (Phi) is 13.7. The molecule has 0 heterocycles. The molecule has 0 aromatic heterocycles. The molecular weight excluding hydrogens is 651 g/mol. The molecule has 0 amide bonds. The normalized spacial score (nSPS) is 11.3. The van der Waals surface area contributed by atoms with Gasteiger partial charge in [0.1, 0.15) is 15.6 Å². The molecule has 0 N–H and O–H groups in total. The number of hydrogen-bond acceptors (Lipinski definition) is 14. The number of carbonyl (C=O) groups is 3. The molecule has 0 aliphatic carbocycles. The summed E-state index contributed by atoms with van der Waals surface area (Å²) in [6, 6.07) is 3.20. The van der Waals surface area contributed by atoms with Crippen LogP contribution in [0.15, 0.2) is 24.3 Å². The van der Waals surface area contributed by atoms with Crippen molar-refractivity contribution >= 4 is 63.9 Å². The summed E-state index contributed by atoms with van der Waals surface area (Å²) in [6.45, 7) is 7.76. The summed E-state index contributed by atoms with van der Waals surface area (Å²) < 4.78 is 14.6. The average Bonchev–Trinajstić information content (AvgIpc) is 2.87. The van der Waals surface area contributed by atoms with E-state index in [-0.39, 0.29) is 30.2 Å². The smallest absolute Gasteiger partial charge is 0.325 e. The van der Waals surface area contributed by atoms with Gasteiger partial charge in [-0.3, -0.25) is 54.8 Å². The third kappa shape index (κ3) is 10.9. The summed E-state index contributed by atoms with van der Waals surface area (Å²) in [7, 11) is 0. The highest BCUT2D eigenvalue weighted by Gasteiger charge is 2.40. The van der Waals surface area contributed by atoms with Crippen LogP contribution >= 0.6 is 23.2 Å². The first kappa shape index (κ1) is 38.1. The third-order valence-electron chi connectivity index (χ3n) is 5.15. The van der Waals surface area contributed by atoms with Gasteiger partial charge in [-0.2, -0.15) is 0 Å². The molecule has 20 heteroatoms. The number of nitrogens with zero attached hydrogens (tertiary/aromatic N) is 4. The van der Waals surface area contributed by atoms with Gasteiger partial charge in [0, 0.05) is 5.56 Å². The van der Waals surface area contributed by atoms with E-state index in [2.05, 4.69) is 4.74 Å². The topological polar surface area (TPSA) is 251 Å². The Morgan fingerprint density at radius 1 is 0.711 bits per heavy atom. The zero-order chi connectivity index (χ0) is 34.8. The van der Waals surface area contributed by atoms with Gasteiger partial charge in [0.25, 0.3) is 22.7 Å². The van der Waals surface area contributed by atoms with E-state index < -0.39 is 82.5 Å². The SMILES string of the molecule is CCOC(=O)C(C(=O)OC(C)(C)C)c1cc(Cl)c([N+](=O)[O-])cc1[N+](=O)[O-].CCOC(=O)Cc1cc(Cl)c([N+](=O)[O-])cc1[N+](=O)[O-]. The minimum atomic E-state index is -1.81. The maximum atomic E-state index is 12.5. The predicted molar refractivity (Wildman–Crippen MR) is 155 cm³/mol. The van der Waals surface area contributed by atoms with Crippen LogP contribution in [-0.2, 0) is 35.0 Å². The number of ether oxygens (including phenoxy) is 3. The van der Waals surface area contributed by atoms with Crippen molar-refractivity contribution in [1.82, 2.24) is 0 Å². The maximum absolute atomic E-state index is 12.5. The molecule has 0 saturated carbocycles. The summed E-state index contributed by atoms with van der Waals surface area (Å²) in [5.74, 6) is -4.66. The summed E-state index contributed by atoms with van der Waals surface area (Å²) >= 11 is 11.4. The fourth-order valence-corrected chi connectivity index (χ4v) is 3.94. The largest absolute Gasteiger partial charge is 0.466 e. The molecule has 244 valence electrons. The van der Waals surface area contributed by atoms with Gasteiger partial charge in [-0.15, -0.1) is 0 Å². The Bertz CT molecular complexity index is 1520. The minimum absolute atomic E-state index is 0.0287. The van der Waals surface area contributed by atoms with E-state index in [1.54, 1.807) is 27.7 Å². The van der Waals surface area contributed by atoms with Gasteiger partial charge in [0.05, 0.1) is 57.0 Å².